The Balaban J connectivity index is 2.70. The van der Waals surface area contributed by atoms with Gasteiger partial charge in [0.25, 0.3) is 0 Å². The summed E-state index contributed by atoms with van der Waals surface area (Å²) in [5.74, 6) is -0.259. The van der Waals surface area contributed by atoms with Crippen LogP contribution in [0.15, 0.2) is 30.6 Å². The van der Waals surface area contributed by atoms with Gasteiger partial charge in [0.15, 0.2) is 0 Å². The minimum absolute atomic E-state index is 0.0378. The quantitative estimate of drug-likeness (QED) is 0.816. The van der Waals surface area contributed by atoms with Crippen LogP contribution < -0.4 is 5.73 Å². The van der Waals surface area contributed by atoms with Gasteiger partial charge in [-0.15, -0.1) is 0 Å². The molecule has 2 N–H and O–H groups in total. The van der Waals surface area contributed by atoms with Crippen LogP contribution in [0.2, 0.25) is 0 Å². The fourth-order valence-electron chi connectivity index (χ4n) is 1.66. The third-order valence-corrected chi connectivity index (χ3v) is 2.59. The molecule has 0 aliphatic carbocycles. The Hall–Kier alpha value is -2.32. The van der Waals surface area contributed by atoms with E-state index >= 15 is 0 Å². The molecule has 21 heavy (non-hydrogen) atoms. The monoisotopic (exact) mass is 307 g/mol. The molecule has 0 amide bonds. The van der Waals surface area contributed by atoms with Crippen LogP contribution in [-0.2, 0) is 12.4 Å². The SMILES string of the molecule is Nc1nccnc1-c1cc(C(F)(F)F)cc(C(F)(F)F)c1. The van der Waals surface area contributed by atoms with Gasteiger partial charge in [-0.2, -0.15) is 26.3 Å². The van der Waals surface area contributed by atoms with E-state index in [1.165, 1.54) is 6.20 Å². The fraction of sp³-hybridized carbons (Fsp3) is 0.167. The Morgan fingerprint density at radius 2 is 1.24 bits per heavy atom. The Labute approximate surface area is 114 Å². The van der Waals surface area contributed by atoms with Gasteiger partial charge >= 0.3 is 12.4 Å². The van der Waals surface area contributed by atoms with Gasteiger partial charge in [0, 0.05) is 18.0 Å². The minimum Gasteiger partial charge on any atom is -0.382 e. The van der Waals surface area contributed by atoms with E-state index in [2.05, 4.69) is 9.97 Å². The second-order valence-electron chi connectivity index (χ2n) is 4.08. The maximum atomic E-state index is 12.7. The first-order valence-electron chi connectivity index (χ1n) is 5.45. The molecule has 2 aromatic rings. The van der Waals surface area contributed by atoms with Crippen molar-refractivity contribution in [3.8, 4) is 11.3 Å². The molecule has 1 heterocycles. The number of benzene rings is 1. The van der Waals surface area contributed by atoms with Crippen LogP contribution in [0.4, 0.5) is 32.2 Å². The highest BCUT2D eigenvalue weighted by Crippen LogP contribution is 2.38. The van der Waals surface area contributed by atoms with E-state index in [1.54, 1.807) is 0 Å². The number of hydrogen-bond donors (Lipinski definition) is 1. The zero-order chi connectivity index (χ0) is 15.8. The number of nitrogen functional groups attached to an aromatic ring is 1. The summed E-state index contributed by atoms with van der Waals surface area (Å²) in [6, 6.07) is 1.14. The standard InChI is InChI=1S/C12H7F6N3/c13-11(14,15)7-3-6(4-8(5-7)12(16,17)18)9-10(19)21-2-1-20-9/h1-5H,(H2,19,21). The summed E-state index contributed by atoms with van der Waals surface area (Å²) in [5.41, 5.74) is 1.93. The van der Waals surface area contributed by atoms with E-state index in [1.807, 2.05) is 0 Å². The first-order valence-corrected chi connectivity index (χ1v) is 5.45. The molecule has 1 aromatic heterocycles. The number of aromatic nitrogens is 2. The predicted molar refractivity (Wildman–Crippen MR) is 61.9 cm³/mol. The predicted octanol–water partition coefficient (Wildman–Crippen LogP) is 3.76. The topological polar surface area (TPSA) is 51.8 Å². The number of hydrogen-bond acceptors (Lipinski definition) is 3. The van der Waals surface area contributed by atoms with E-state index in [-0.39, 0.29) is 17.6 Å². The highest BCUT2D eigenvalue weighted by Gasteiger charge is 2.37. The Kier molecular flexibility index (Phi) is 3.52. The van der Waals surface area contributed by atoms with Gasteiger partial charge in [0.2, 0.25) is 0 Å². The summed E-state index contributed by atoms with van der Waals surface area (Å²) in [6.07, 6.45) is -7.55. The smallest absolute Gasteiger partial charge is 0.382 e. The van der Waals surface area contributed by atoms with Gasteiger partial charge < -0.3 is 5.73 Å². The van der Waals surface area contributed by atoms with Gasteiger partial charge in [-0.05, 0) is 18.2 Å². The number of nitrogens with two attached hydrogens (primary N) is 1. The average Bonchev–Trinajstić information content (AvgIpc) is 2.36. The Morgan fingerprint density at radius 1 is 0.762 bits per heavy atom. The van der Waals surface area contributed by atoms with Crippen LogP contribution in [0.1, 0.15) is 11.1 Å². The highest BCUT2D eigenvalue weighted by atomic mass is 19.4. The number of rotatable bonds is 1. The van der Waals surface area contributed by atoms with Crippen LogP contribution in [-0.4, -0.2) is 9.97 Å². The molecule has 0 atom stereocenters. The molecule has 0 aliphatic heterocycles. The summed E-state index contributed by atoms with van der Waals surface area (Å²) < 4.78 is 76.3. The van der Waals surface area contributed by atoms with E-state index in [9.17, 15) is 26.3 Å². The molecule has 0 unspecified atom stereocenters. The molecule has 3 nitrogen and oxygen atoms in total. The number of anilines is 1. The summed E-state index contributed by atoms with van der Waals surface area (Å²) in [7, 11) is 0. The molecule has 9 heteroatoms. The first kappa shape index (κ1) is 15.1. The lowest BCUT2D eigenvalue weighted by atomic mass is 10.0. The summed E-state index contributed by atoms with van der Waals surface area (Å²) >= 11 is 0. The van der Waals surface area contributed by atoms with Crippen LogP contribution in [0, 0.1) is 0 Å². The van der Waals surface area contributed by atoms with E-state index in [0.717, 1.165) is 6.20 Å². The molecule has 112 valence electrons. The van der Waals surface area contributed by atoms with Crippen molar-refractivity contribution in [3.05, 3.63) is 41.7 Å². The maximum absolute atomic E-state index is 12.7. The molecule has 0 saturated heterocycles. The van der Waals surface area contributed by atoms with E-state index in [4.69, 9.17) is 5.73 Å². The zero-order valence-corrected chi connectivity index (χ0v) is 10.1. The van der Waals surface area contributed by atoms with Crippen molar-refractivity contribution < 1.29 is 26.3 Å². The second kappa shape index (κ2) is 4.90. The molecule has 0 aliphatic rings. The molecule has 0 fully saturated rings. The lowest BCUT2D eigenvalue weighted by molar-refractivity contribution is -0.143. The Bertz CT molecular complexity index is 631. The van der Waals surface area contributed by atoms with Crippen molar-refractivity contribution in [3.63, 3.8) is 0 Å². The van der Waals surface area contributed by atoms with E-state index < -0.39 is 29.0 Å². The molecule has 0 bridgehead atoms. The normalized spacial score (nSPS) is 12.5. The second-order valence-corrected chi connectivity index (χ2v) is 4.08. The lowest BCUT2D eigenvalue weighted by Crippen LogP contribution is -2.11. The number of alkyl halides is 6. The van der Waals surface area contributed by atoms with Crippen molar-refractivity contribution in [2.45, 2.75) is 12.4 Å². The van der Waals surface area contributed by atoms with Crippen molar-refractivity contribution >= 4 is 5.82 Å². The van der Waals surface area contributed by atoms with Gasteiger partial charge in [-0.25, -0.2) is 4.98 Å². The zero-order valence-electron chi connectivity index (χ0n) is 10.1. The molecular formula is C12H7F6N3. The van der Waals surface area contributed by atoms with Crippen molar-refractivity contribution in [1.82, 2.24) is 9.97 Å². The average molecular weight is 307 g/mol. The third-order valence-electron chi connectivity index (χ3n) is 2.59. The third kappa shape index (κ3) is 3.23. The van der Waals surface area contributed by atoms with Gasteiger partial charge in [-0.3, -0.25) is 4.98 Å². The molecule has 0 saturated carbocycles. The molecule has 1 aromatic carbocycles. The molecule has 0 spiro atoms. The van der Waals surface area contributed by atoms with Crippen LogP contribution >= 0.6 is 0 Å². The largest absolute Gasteiger partial charge is 0.416 e. The molecule has 0 radical (unpaired) electrons. The fourth-order valence-corrected chi connectivity index (χ4v) is 1.66. The maximum Gasteiger partial charge on any atom is 0.416 e. The van der Waals surface area contributed by atoms with Gasteiger partial charge in [0.05, 0.1) is 11.1 Å². The minimum atomic E-state index is -4.92. The van der Waals surface area contributed by atoms with Gasteiger partial charge in [-0.1, -0.05) is 0 Å². The molecular weight excluding hydrogens is 300 g/mol. The number of halogens is 6. The summed E-state index contributed by atoms with van der Waals surface area (Å²) in [5, 5.41) is 0. The van der Waals surface area contributed by atoms with Gasteiger partial charge in [0.1, 0.15) is 11.5 Å². The molecule has 2 rings (SSSR count). The highest BCUT2D eigenvalue weighted by molar-refractivity contribution is 5.70. The van der Waals surface area contributed by atoms with E-state index in [0.29, 0.717) is 12.1 Å². The number of nitrogens with zero attached hydrogens (tertiary/aromatic N) is 2. The van der Waals surface area contributed by atoms with Crippen molar-refractivity contribution in [2.24, 2.45) is 0 Å². The first-order chi connectivity index (χ1) is 9.59. The van der Waals surface area contributed by atoms with Crippen LogP contribution in [0.25, 0.3) is 11.3 Å². The Morgan fingerprint density at radius 3 is 1.67 bits per heavy atom. The summed E-state index contributed by atoms with van der Waals surface area (Å²) in [4.78, 5) is 7.26. The van der Waals surface area contributed by atoms with Crippen molar-refractivity contribution in [2.75, 3.05) is 5.73 Å². The van der Waals surface area contributed by atoms with Crippen LogP contribution in [0.5, 0.6) is 0 Å². The summed E-state index contributed by atoms with van der Waals surface area (Å²) in [6.45, 7) is 0. The van der Waals surface area contributed by atoms with Crippen LogP contribution in [0.3, 0.4) is 0 Å². The van der Waals surface area contributed by atoms with Crippen molar-refractivity contribution in [1.29, 1.82) is 0 Å². The lowest BCUT2D eigenvalue weighted by Gasteiger charge is -2.14.